The van der Waals surface area contributed by atoms with Crippen LogP contribution in [0.25, 0.3) is 0 Å². The molecule has 9 nitrogen and oxygen atoms in total. The van der Waals surface area contributed by atoms with Crippen LogP contribution in [-0.2, 0) is 14.8 Å². The van der Waals surface area contributed by atoms with E-state index in [0.29, 0.717) is 17.0 Å². The number of nitrogens with one attached hydrogen (secondary N) is 1. The first-order valence-electron chi connectivity index (χ1n) is 9.96. The molecule has 2 aromatic rings. The number of hydrogen-bond acceptors (Lipinski definition) is 6. The van der Waals surface area contributed by atoms with Gasteiger partial charge in [-0.3, -0.25) is 9.59 Å². The number of carbonyl (C=O) groups excluding carboxylic acids is 2. The molecular weight excluding hydrogens is 458 g/mol. The Bertz CT molecular complexity index is 1180. The number of nitrogens with zero attached hydrogens (tertiary/aromatic N) is 2. The van der Waals surface area contributed by atoms with Crippen LogP contribution in [0, 0.1) is 0 Å². The van der Waals surface area contributed by atoms with Crippen molar-refractivity contribution in [2.75, 3.05) is 38.6 Å². The van der Waals surface area contributed by atoms with Gasteiger partial charge in [0.05, 0.1) is 23.4 Å². The first kappa shape index (κ1) is 22.4. The second-order valence-electron chi connectivity index (χ2n) is 7.42. The summed E-state index contributed by atoms with van der Waals surface area (Å²) < 4.78 is 38.6. The summed E-state index contributed by atoms with van der Waals surface area (Å²) in [5.41, 5.74) is 0.752. The summed E-state index contributed by atoms with van der Waals surface area (Å²) in [6.45, 7) is 2.25. The molecule has 0 aliphatic carbocycles. The number of para-hydroxylation sites is 1. The number of benzene rings is 2. The smallest absolute Gasteiger partial charge is 0.265 e. The number of hydrogen-bond donors (Lipinski definition) is 1. The first-order valence-corrected chi connectivity index (χ1v) is 11.8. The third kappa shape index (κ3) is 4.01. The summed E-state index contributed by atoms with van der Waals surface area (Å²) in [6.07, 6.45) is -0.747. The Balaban J connectivity index is 1.52. The van der Waals surface area contributed by atoms with E-state index in [1.54, 1.807) is 36.1 Å². The van der Waals surface area contributed by atoms with E-state index in [2.05, 4.69) is 5.32 Å². The van der Waals surface area contributed by atoms with E-state index in [1.807, 2.05) is 0 Å². The van der Waals surface area contributed by atoms with Crippen molar-refractivity contribution in [3.05, 3.63) is 47.0 Å². The predicted molar refractivity (Wildman–Crippen MR) is 118 cm³/mol. The van der Waals surface area contributed by atoms with Crippen LogP contribution in [-0.4, -0.2) is 68.8 Å². The van der Waals surface area contributed by atoms with E-state index in [9.17, 15) is 18.0 Å². The molecule has 0 aromatic heterocycles. The van der Waals surface area contributed by atoms with Crippen LogP contribution >= 0.6 is 11.6 Å². The van der Waals surface area contributed by atoms with Gasteiger partial charge in [-0.2, -0.15) is 4.31 Å². The number of piperazine rings is 1. The molecule has 2 aliphatic rings. The molecule has 0 spiro atoms. The van der Waals surface area contributed by atoms with Crippen molar-refractivity contribution in [2.45, 2.75) is 17.9 Å². The van der Waals surface area contributed by atoms with Crippen LogP contribution in [0.15, 0.2) is 41.3 Å². The maximum Gasteiger partial charge on any atom is 0.265 e. The summed E-state index contributed by atoms with van der Waals surface area (Å²) in [5.74, 6) is 0.157. The van der Waals surface area contributed by atoms with E-state index >= 15 is 0 Å². The highest BCUT2D eigenvalue weighted by Gasteiger charge is 2.34. The van der Waals surface area contributed by atoms with Gasteiger partial charge in [0.1, 0.15) is 16.4 Å². The first-order chi connectivity index (χ1) is 15.2. The summed E-state index contributed by atoms with van der Waals surface area (Å²) in [5, 5.41) is 2.62. The fourth-order valence-electron chi connectivity index (χ4n) is 3.67. The molecule has 1 saturated heterocycles. The number of ether oxygens (including phenoxy) is 2. The fraction of sp³-hybridized carbons (Fsp3) is 0.333. The zero-order valence-electron chi connectivity index (χ0n) is 17.5. The number of fused-ring (bicyclic) bond motifs is 1. The van der Waals surface area contributed by atoms with Crippen molar-refractivity contribution in [1.82, 2.24) is 9.21 Å². The molecule has 170 valence electrons. The Morgan fingerprint density at radius 1 is 1.19 bits per heavy atom. The Morgan fingerprint density at radius 2 is 1.88 bits per heavy atom. The highest BCUT2D eigenvalue weighted by Crippen LogP contribution is 2.38. The molecule has 0 unspecified atom stereocenters. The Morgan fingerprint density at radius 3 is 2.56 bits per heavy atom. The van der Waals surface area contributed by atoms with Gasteiger partial charge in [-0.15, -0.1) is 0 Å². The summed E-state index contributed by atoms with van der Waals surface area (Å²) in [4.78, 5) is 26.2. The molecule has 2 amide bonds. The maximum atomic E-state index is 13.3. The largest absolute Gasteiger partial charge is 0.496 e. The number of halogens is 1. The Kier molecular flexibility index (Phi) is 6.02. The van der Waals surface area contributed by atoms with Gasteiger partial charge in [0.25, 0.3) is 11.8 Å². The SMILES string of the molecule is COc1ccccc1C(=O)N1CCN(S(=O)(=O)c2cc3c(cc2Cl)NC(=O)[C@@H](C)O3)CC1. The number of rotatable bonds is 4. The zero-order chi connectivity index (χ0) is 23.0. The third-order valence-electron chi connectivity index (χ3n) is 5.45. The highest BCUT2D eigenvalue weighted by atomic mass is 35.5. The van der Waals surface area contributed by atoms with Gasteiger partial charge >= 0.3 is 0 Å². The molecule has 0 bridgehead atoms. The van der Waals surface area contributed by atoms with Crippen molar-refractivity contribution in [1.29, 1.82) is 0 Å². The van der Waals surface area contributed by atoms with Crippen molar-refractivity contribution in [2.24, 2.45) is 0 Å². The monoisotopic (exact) mass is 479 g/mol. The number of sulfonamides is 1. The lowest BCUT2D eigenvalue weighted by atomic mass is 10.1. The van der Waals surface area contributed by atoms with Crippen LogP contribution in [0.3, 0.4) is 0 Å². The fourth-order valence-corrected chi connectivity index (χ4v) is 5.61. The summed E-state index contributed by atoms with van der Waals surface area (Å²) >= 11 is 6.25. The van der Waals surface area contributed by atoms with Gasteiger partial charge in [-0.1, -0.05) is 23.7 Å². The van der Waals surface area contributed by atoms with Crippen molar-refractivity contribution < 1.29 is 27.5 Å². The van der Waals surface area contributed by atoms with Crippen LogP contribution in [0.4, 0.5) is 5.69 Å². The molecule has 2 aliphatic heterocycles. The van der Waals surface area contributed by atoms with Crippen molar-refractivity contribution in [3.63, 3.8) is 0 Å². The number of carbonyl (C=O) groups is 2. The molecule has 32 heavy (non-hydrogen) atoms. The molecule has 1 fully saturated rings. The van der Waals surface area contributed by atoms with E-state index in [0.717, 1.165) is 0 Å². The quantitative estimate of drug-likeness (QED) is 0.720. The molecule has 2 aromatic carbocycles. The molecule has 0 saturated carbocycles. The minimum absolute atomic E-state index is 0.0188. The van der Waals surface area contributed by atoms with Crippen molar-refractivity contribution >= 4 is 39.1 Å². The second kappa shape index (κ2) is 8.61. The van der Waals surface area contributed by atoms with Crippen LogP contribution in [0.1, 0.15) is 17.3 Å². The predicted octanol–water partition coefficient (Wildman–Crippen LogP) is 2.21. The lowest BCUT2D eigenvalue weighted by Crippen LogP contribution is -2.50. The standard InChI is InChI=1S/C21H22ClN3O6S/c1-13-20(26)23-16-11-15(22)19(12-18(16)31-13)32(28,29)25-9-7-24(8-10-25)21(27)14-5-3-4-6-17(14)30-2/h3-6,11-13H,7-10H2,1-2H3,(H,23,26)/t13-/m1/s1. The lowest BCUT2D eigenvalue weighted by Gasteiger charge is -2.34. The van der Waals surface area contributed by atoms with Gasteiger partial charge in [-0.25, -0.2) is 8.42 Å². The number of anilines is 1. The molecule has 2 heterocycles. The molecule has 4 rings (SSSR count). The average Bonchev–Trinajstić information content (AvgIpc) is 2.79. The van der Waals surface area contributed by atoms with Gasteiger partial charge in [-0.05, 0) is 25.1 Å². The maximum absolute atomic E-state index is 13.3. The minimum atomic E-state index is -3.94. The third-order valence-corrected chi connectivity index (χ3v) is 7.81. The molecule has 11 heteroatoms. The highest BCUT2D eigenvalue weighted by molar-refractivity contribution is 7.89. The van der Waals surface area contributed by atoms with E-state index < -0.39 is 16.1 Å². The Labute approximate surface area is 190 Å². The molecule has 1 atom stereocenters. The molecule has 0 radical (unpaired) electrons. The normalized spacial score (nSPS) is 19.0. The summed E-state index contributed by atoms with van der Waals surface area (Å²) in [7, 11) is -2.44. The van der Waals surface area contributed by atoms with E-state index in [1.165, 1.54) is 23.5 Å². The number of methoxy groups -OCH3 is 1. The van der Waals surface area contributed by atoms with Crippen LogP contribution < -0.4 is 14.8 Å². The van der Waals surface area contributed by atoms with Gasteiger partial charge in [0.2, 0.25) is 10.0 Å². The molecular formula is C21H22ClN3O6S. The topological polar surface area (TPSA) is 105 Å². The van der Waals surface area contributed by atoms with Crippen LogP contribution in [0.5, 0.6) is 11.5 Å². The van der Waals surface area contributed by atoms with E-state index in [4.69, 9.17) is 21.1 Å². The zero-order valence-corrected chi connectivity index (χ0v) is 19.1. The molecule has 1 N–H and O–H groups in total. The summed E-state index contributed by atoms with van der Waals surface area (Å²) in [6, 6.07) is 9.61. The van der Waals surface area contributed by atoms with E-state index in [-0.39, 0.29) is 53.7 Å². The second-order valence-corrected chi connectivity index (χ2v) is 9.74. The lowest BCUT2D eigenvalue weighted by molar-refractivity contribution is -0.122. The average molecular weight is 480 g/mol. The Hall–Kier alpha value is -2.82. The van der Waals surface area contributed by atoms with Gasteiger partial charge < -0.3 is 19.7 Å². The van der Waals surface area contributed by atoms with Crippen molar-refractivity contribution in [3.8, 4) is 11.5 Å². The minimum Gasteiger partial charge on any atom is -0.496 e. The van der Waals surface area contributed by atoms with Crippen LogP contribution in [0.2, 0.25) is 5.02 Å². The van der Waals surface area contributed by atoms with Gasteiger partial charge in [0.15, 0.2) is 6.10 Å². The number of amides is 2. The van der Waals surface area contributed by atoms with Gasteiger partial charge in [0, 0.05) is 32.2 Å².